The fourth-order valence-corrected chi connectivity index (χ4v) is 3.88. The minimum atomic E-state index is -0.731. The van der Waals surface area contributed by atoms with Gasteiger partial charge in [0.05, 0.1) is 24.8 Å². The molecule has 0 bridgehead atoms. The van der Waals surface area contributed by atoms with Gasteiger partial charge in [0.15, 0.2) is 5.69 Å². The predicted octanol–water partition coefficient (Wildman–Crippen LogP) is 2.73. The second kappa shape index (κ2) is 9.80. The van der Waals surface area contributed by atoms with Crippen molar-refractivity contribution in [3.05, 3.63) is 110 Å². The average Bonchev–Trinajstić information content (AvgIpc) is 3.30. The second-order valence-corrected chi connectivity index (χ2v) is 8.04. The highest BCUT2D eigenvalue weighted by molar-refractivity contribution is 6.31. The van der Waals surface area contributed by atoms with E-state index < -0.39 is 17.2 Å². The smallest absolute Gasteiger partial charge is 0.330 e. The molecule has 2 heterocycles. The molecular formula is C24H23ClN6O3. The van der Waals surface area contributed by atoms with Gasteiger partial charge in [-0.25, -0.2) is 4.79 Å². The first-order valence-electron chi connectivity index (χ1n) is 10.6. The Morgan fingerprint density at radius 1 is 1.09 bits per heavy atom. The summed E-state index contributed by atoms with van der Waals surface area (Å²) < 4.78 is 2.83. The maximum Gasteiger partial charge on any atom is 0.330 e. The average molecular weight is 479 g/mol. The van der Waals surface area contributed by atoms with E-state index in [1.807, 2.05) is 48.5 Å². The third-order valence-corrected chi connectivity index (χ3v) is 5.77. The monoisotopic (exact) mass is 478 g/mol. The number of amides is 1. The highest BCUT2D eigenvalue weighted by atomic mass is 35.5. The molecule has 1 amide bonds. The maximum atomic E-state index is 13.3. The number of aromatic amines is 1. The molecule has 174 valence electrons. The molecule has 3 N–H and O–H groups in total. The lowest BCUT2D eigenvalue weighted by atomic mass is 10.2. The molecule has 0 aliphatic carbocycles. The Morgan fingerprint density at radius 3 is 2.50 bits per heavy atom. The fraction of sp³-hybridized carbons (Fsp3) is 0.167. The third-order valence-electron chi connectivity index (χ3n) is 5.40. The second-order valence-electron chi connectivity index (χ2n) is 7.63. The third kappa shape index (κ3) is 4.65. The standard InChI is InChI=1S/C24H23ClN6O3/c1-2-30(23(33)18-12-27-29(15-18)14-17-10-6-7-11-19(17)25)20-21(26)31(24(34)28-22(20)32)13-16-8-4-3-5-9-16/h3-12,15H,2,13-14,26H2,1H3,(H,28,32,34). The van der Waals surface area contributed by atoms with Crippen LogP contribution < -0.4 is 21.9 Å². The molecule has 10 heteroatoms. The molecule has 0 spiro atoms. The van der Waals surface area contributed by atoms with Crippen molar-refractivity contribution in [1.29, 1.82) is 0 Å². The number of carbonyl (C=O) groups is 1. The largest absolute Gasteiger partial charge is 0.383 e. The van der Waals surface area contributed by atoms with Crippen molar-refractivity contribution in [3.63, 3.8) is 0 Å². The highest BCUT2D eigenvalue weighted by Gasteiger charge is 2.25. The number of benzene rings is 2. The number of hydrogen-bond acceptors (Lipinski definition) is 5. The van der Waals surface area contributed by atoms with Crippen LogP contribution >= 0.6 is 11.6 Å². The van der Waals surface area contributed by atoms with Crippen LogP contribution in [-0.4, -0.2) is 31.8 Å². The first-order valence-corrected chi connectivity index (χ1v) is 11.0. The zero-order chi connectivity index (χ0) is 24.2. The normalized spacial score (nSPS) is 10.9. The zero-order valence-corrected chi connectivity index (χ0v) is 19.2. The van der Waals surface area contributed by atoms with Gasteiger partial charge in [-0.05, 0) is 24.1 Å². The lowest BCUT2D eigenvalue weighted by Gasteiger charge is -2.22. The quantitative estimate of drug-likeness (QED) is 0.423. The number of nitrogens with two attached hydrogens (primary N) is 1. The minimum Gasteiger partial charge on any atom is -0.383 e. The lowest BCUT2D eigenvalue weighted by Crippen LogP contribution is -2.41. The summed E-state index contributed by atoms with van der Waals surface area (Å²) in [6, 6.07) is 16.6. The number of rotatable bonds is 7. The summed E-state index contributed by atoms with van der Waals surface area (Å²) in [4.78, 5) is 42.0. The van der Waals surface area contributed by atoms with Gasteiger partial charge in [-0.1, -0.05) is 60.1 Å². The summed E-state index contributed by atoms with van der Waals surface area (Å²) in [7, 11) is 0. The van der Waals surface area contributed by atoms with Gasteiger partial charge < -0.3 is 10.6 Å². The molecule has 0 atom stereocenters. The molecule has 0 unspecified atom stereocenters. The van der Waals surface area contributed by atoms with Gasteiger partial charge >= 0.3 is 5.69 Å². The van der Waals surface area contributed by atoms with Gasteiger partial charge in [-0.3, -0.25) is 23.8 Å². The van der Waals surface area contributed by atoms with E-state index >= 15 is 0 Å². The summed E-state index contributed by atoms with van der Waals surface area (Å²) in [5.74, 6) is -0.550. The van der Waals surface area contributed by atoms with Crippen LogP contribution in [0.3, 0.4) is 0 Å². The Kier molecular flexibility index (Phi) is 6.65. The summed E-state index contributed by atoms with van der Waals surface area (Å²) in [5.41, 5.74) is 6.75. The Bertz CT molecular complexity index is 1440. The number of aromatic nitrogens is 4. The zero-order valence-electron chi connectivity index (χ0n) is 18.4. The van der Waals surface area contributed by atoms with Gasteiger partial charge in [0, 0.05) is 17.8 Å². The lowest BCUT2D eigenvalue weighted by molar-refractivity contribution is 0.0988. The van der Waals surface area contributed by atoms with Crippen molar-refractivity contribution >= 4 is 29.0 Å². The fourth-order valence-electron chi connectivity index (χ4n) is 3.68. The Morgan fingerprint density at radius 2 is 1.79 bits per heavy atom. The molecule has 4 aromatic rings. The number of hydrogen-bond donors (Lipinski definition) is 2. The van der Waals surface area contributed by atoms with E-state index in [0.717, 1.165) is 11.1 Å². The van der Waals surface area contributed by atoms with Crippen molar-refractivity contribution < 1.29 is 4.79 Å². The van der Waals surface area contributed by atoms with Crippen LogP contribution in [0.15, 0.2) is 76.6 Å². The molecule has 0 aliphatic heterocycles. The number of nitrogens with zero attached hydrogens (tertiary/aromatic N) is 4. The number of anilines is 2. The Labute approximate surface area is 200 Å². The minimum absolute atomic E-state index is 0.0816. The molecular weight excluding hydrogens is 456 g/mol. The molecule has 2 aromatic carbocycles. The van der Waals surface area contributed by atoms with Crippen LogP contribution in [0.2, 0.25) is 5.02 Å². The summed E-state index contributed by atoms with van der Waals surface area (Å²) in [6.45, 7) is 2.41. The van der Waals surface area contributed by atoms with Crippen molar-refractivity contribution in [2.45, 2.75) is 20.0 Å². The summed E-state index contributed by atoms with van der Waals surface area (Å²) in [5, 5.41) is 4.85. The van der Waals surface area contributed by atoms with E-state index in [-0.39, 0.29) is 30.2 Å². The van der Waals surface area contributed by atoms with Crippen molar-refractivity contribution in [2.24, 2.45) is 0 Å². The number of carbonyl (C=O) groups excluding carboxylic acids is 1. The predicted molar refractivity (Wildman–Crippen MR) is 131 cm³/mol. The van der Waals surface area contributed by atoms with Gasteiger partial charge in [-0.15, -0.1) is 0 Å². The summed E-state index contributed by atoms with van der Waals surface area (Å²) >= 11 is 6.22. The van der Waals surface area contributed by atoms with Crippen LogP contribution in [0.5, 0.6) is 0 Å². The van der Waals surface area contributed by atoms with Gasteiger partial charge in [0.2, 0.25) is 0 Å². The van der Waals surface area contributed by atoms with E-state index in [1.165, 1.54) is 15.7 Å². The molecule has 0 saturated heterocycles. The van der Waals surface area contributed by atoms with Crippen molar-refractivity contribution in [2.75, 3.05) is 17.2 Å². The first-order chi connectivity index (χ1) is 16.4. The SMILES string of the molecule is CCN(C(=O)c1cnn(Cc2ccccc2Cl)c1)c1c(N)n(Cc2ccccc2)c(=O)[nH]c1=O. The van der Waals surface area contributed by atoms with E-state index in [0.29, 0.717) is 11.6 Å². The van der Waals surface area contributed by atoms with Gasteiger partial charge in [0.25, 0.3) is 11.5 Å². The maximum absolute atomic E-state index is 13.3. The Hall–Kier alpha value is -4.11. The number of H-pyrrole nitrogens is 1. The van der Waals surface area contributed by atoms with Crippen molar-refractivity contribution in [1.82, 2.24) is 19.3 Å². The molecule has 9 nitrogen and oxygen atoms in total. The first kappa shape index (κ1) is 23.1. The van der Waals surface area contributed by atoms with Crippen LogP contribution in [0.25, 0.3) is 0 Å². The van der Waals surface area contributed by atoms with E-state index in [2.05, 4.69) is 10.1 Å². The van der Waals surface area contributed by atoms with E-state index in [9.17, 15) is 14.4 Å². The highest BCUT2D eigenvalue weighted by Crippen LogP contribution is 2.21. The molecule has 0 saturated carbocycles. The van der Waals surface area contributed by atoms with Crippen LogP contribution in [0, 0.1) is 0 Å². The molecule has 0 fully saturated rings. The van der Waals surface area contributed by atoms with Gasteiger partial charge in [0.1, 0.15) is 5.82 Å². The van der Waals surface area contributed by atoms with E-state index in [1.54, 1.807) is 23.9 Å². The molecule has 34 heavy (non-hydrogen) atoms. The number of nitrogen functional groups attached to an aromatic ring is 1. The van der Waals surface area contributed by atoms with Crippen LogP contribution in [-0.2, 0) is 13.1 Å². The molecule has 2 aromatic heterocycles. The molecule has 0 aliphatic rings. The van der Waals surface area contributed by atoms with Crippen LogP contribution in [0.4, 0.5) is 11.5 Å². The molecule has 0 radical (unpaired) electrons. The molecule has 4 rings (SSSR count). The Balaban J connectivity index is 1.66. The van der Waals surface area contributed by atoms with Crippen LogP contribution in [0.1, 0.15) is 28.4 Å². The van der Waals surface area contributed by atoms with Crippen molar-refractivity contribution in [3.8, 4) is 0 Å². The van der Waals surface area contributed by atoms with Gasteiger partial charge in [-0.2, -0.15) is 5.10 Å². The topological polar surface area (TPSA) is 119 Å². The van der Waals surface area contributed by atoms with E-state index in [4.69, 9.17) is 17.3 Å². The number of nitrogens with one attached hydrogen (secondary N) is 1. The summed E-state index contributed by atoms with van der Waals surface area (Å²) in [6.07, 6.45) is 3.00. The number of halogens is 1.